The highest BCUT2D eigenvalue weighted by Gasteiger charge is 2.14. The van der Waals surface area contributed by atoms with Gasteiger partial charge in [-0.1, -0.05) is 20.8 Å². The Morgan fingerprint density at radius 1 is 1.27 bits per heavy atom. The molecule has 1 atom stereocenters. The van der Waals surface area contributed by atoms with Crippen LogP contribution in [0.3, 0.4) is 0 Å². The summed E-state index contributed by atoms with van der Waals surface area (Å²) < 4.78 is 4.97. The second-order valence-electron chi connectivity index (χ2n) is 3.88. The van der Waals surface area contributed by atoms with E-state index >= 15 is 0 Å². The zero-order valence-corrected chi connectivity index (χ0v) is 10.6. The molecule has 0 amide bonds. The Labute approximate surface area is 93.8 Å². The fraction of sp³-hybridized carbons (Fsp3) is 0.917. The predicted octanol–water partition coefficient (Wildman–Crippen LogP) is 2.31. The monoisotopic (exact) mass is 215 g/mol. The number of hydrogen-bond donors (Lipinski definition) is 0. The molecule has 0 spiro atoms. The summed E-state index contributed by atoms with van der Waals surface area (Å²) in [6.07, 6.45) is 2.06. The third-order valence-corrected chi connectivity index (χ3v) is 2.55. The number of esters is 1. The molecule has 0 aromatic carbocycles. The molecule has 0 rings (SSSR count). The van der Waals surface area contributed by atoms with Crippen LogP contribution in [0.1, 0.15) is 40.5 Å². The van der Waals surface area contributed by atoms with E-state index in [1.807, 2.05) is 13.8 Å². The number of nitrogens with zero attached hydrogens (tertiary/aromatic N) is 1. The van der Waals surface area contributed by atoms with Gasteiger partial charge in [-0.05, 0) is 39.4 Å². The molecule has 0 radical (unpaired) electrons. The molecule has 90 valence electrons. The molecule has 0 N–H and O–H groups in total. The van der Waals surface area contributed by atoms with Crippen molar-refractivity contribution in [2.24, 2.45) is 5.92 Å². The Kier molecular flexibility index (Phi) is 8.38. The summed E-state index contributed by atoms with van der Waals surface area (Å²) in [5.74, 6) is -0.0408. The maximum Gasteiger partial charge on any atom is 0.308 e. The molecular weight excluding hydrogens is 190 g/mol. The minimum Gasteiger partial charge on any atom is -0.466 e. The van der Waals surface area contributed by atoms with Gasteiger partial charge in [-0.2, -0.15) is 0 Å². The molecule has 15 heavy (non-hydrogen) atoms. The van der Waals surface area contributed by atoms with E-state index in [4.69, 9.17) is 4.74 Å². The van der Waals surface area contributed by atoms with Crippen LogP contribution in [-0.2, 0) is 9.53 Å². The van der Waals surface area contributed by atoms with Gasteiger partial charge in [0.15, 0.2) is 0 Å². The van der Waals surface area contributed by atoms with E-state index < -0.39 is 0 Å². The first-order valence-corrected chi connectivity index (χ1v) is 6.04. The maximum absolute atomic E-state index is 11.4. The molecule has 1 unspecified atom stereocenters. The Bertz CT molecular complexity index is 171. The predicted molar refractivity (Wildman–Crippen MR) is 62.8 cm³/mol. The van der Waals surface area contributed by atoms with Gasteiger partial charge in [0.25, 0.3) is 0 Å². The summed E-state index contributed by atoms with van der Waals surface area (Å²) in [5, 5.41) is 0. The van der Waals surface area contributed by atoms with Gasteiger partial charge in [-0.25, -0.2) is 0 Å². The second kappa shape index (κ2) is 8.72. The normalized spacial score (nSPS) is 12.9. The first kappa shape index (κ1) is 14.4. The van der Waals surface area contributed by atoms with E-state index in [-0.39, 0.29) is 11.9 Å². The van der Waals surface area contributed by atoms with Crippen LogP contribution in [0.15, 0.2) is 0 Å². The van der Waals surface area contributed by atoms with Crippen molar-refractivity contribution in [3.8, 4) is 0 Å². The highest BCUT2D eigenvalue weighted by atomic mass is 16.5. The van der Waals surface area contributed by atoms with Gasteiger partial charge in [0.05, 0.1) is 12.5 Å². The topological polar surface area (TPSA) is 29.5 Å². The van der Waals surface area contributed by atoms with Crippen molar-refractivity contribution in [2.45, 2.75) is 40.5 Å². The minimum absolute atomic E-state index is 0.0239. The Balaban J connectivity index is 3.76. The van der Waals surface area contributed by atoms with Crippen molar-refractivity contribution in [1.82, 2.24) is 4.90 Å². The molecule has 0 aromatic rings. The van der Waals surface area contributed by atoms with E-state index in [2.05, 4.69) is 18.7 Å². The fourth-order valence-corrected chi connectivity index (χ4v) is 1.52. The van der Waals surface area contributed by atoms with Crippen LogP contribution in [0.4, 0.5) is 0 Å². The Morgan fingerprint density at radius 2 is 1.93 bits per heavy atom. The zero-order valence-electron chi connectivity index (χ0n) is 10.6. The summed E-state index contributed by atoms with van der Waals surface area (Å²) in [6, 6.07) is 0. The molecule has 0 aliphatic carbocycles. The molecular formula is C12H25NO2. The van der Waals surface area contributed by atoms with E-state index in [1.54, 1.807) is 0 Å². The highest BCUT2D eigenvalue weighted by molar-refractivity contribution is 5.71. The molecule has 0 fully saturated rings. The van der Waals surface area contributed by atoms with Gasteiger partial charge >= 0.3 is 5.97 Å². The van der Waals surface area contributed by atoms with E-state index in [0.29, 0.717) is 6.61 Å². The summed E-state index contributed by atoms with van der Waals surface area (Å²) in [5.41, 5.74) is 0. The average molecular weight is 215 g/mol. The van der Waals surface area contributed by atoms with Gasteiger partial charge in [0.2, 0.25) is 0 Å². The smallest absolute Gasteiger partial charge is 0.308 e. The van der Waals surface area contributed by atoms with Crippen LogP contribution >= 0.6 is 0 Å². The van der Waals surface area contributed by atoms with E-state index in [9.17, 15) is 4.79 Å². The van der Waals surface area contributed by atoms with Crippen LogP contribution in [-0.4, -0.2) is 37.1 Å². The van der Waals surface area contributed by atoms with Crippen LogP contribution < -0.4 is 0 Å². The molecule has 0 saturated heterocycles. The van der Waals surface area contributed by atoms with Crippen molar-refractivity contribution < 1.29 is 9.53 Å². The SMILES string of the molecule is CCCN(CC)CCC(C)C(=O)OCC. The van der Waals surface area contributed by atoms with Gasteiger partial charge in [0, 0.05) is 0 Å². The first-order chi connectivity index (χ1) is 7.15. The Hall–Kier alpha value is -0.570. The lowest BCUT2D eigenvalue weighted by molar-refractivity contribution is -0.147. The lowest BCUT2D eigenvalue weighted by Crippen LogP contribution is -2.28. The molecule has 0 heterocycles. The van der Waals surface area contributed by atoms with Crippen molar-refractivity contribution in [1.29, 1.82) is 0 Å². The van der Waals surface area contributed by atoms with Crippen LogP contribution in [0.5, 0.6) is 0 Å². The number of ether oxygens (including phenoxy) is 1. The standard InChI is InChI=1S/C12H25NO2/c1-5-9-13(6-2)10-8-11(4)12(14)15-7-3/h11H,5-10H2,1-4H3. The lowest BCUT2D eigenvalue weighted by Gasteiger charge is -2.20. The molecule has 0 aliphatic rings. The van der Waals surface area contributed by atoms with Crippen molar-refractivity contribution in [3.63, 3.8) is 0 Å². The van der Waals surface area contributed by atoms with Gasteiger partial charge in [-0.15, -0.1) is 0 Å². The van der Waals surface area contributed by atoms with Gasteiger partial charge in [0.1, 0.15) is 0 Å². The van der Waals surface area contributed by atoms with E-state index in [1.165, 1.54) is 6.42 Å². The van der Waals surface area contributed by atoms with E-state index in [0.717, 1.165) is 26.1 Å². The second-order valence-corrected chi connectivity index (χ2v) is 3.88. The minimum atomic E-state index is -0.0648. The molecule has 0 bridgehead atoms. The molecule has 3 heteroatoms. The summed E-state index contributed by atoms with van der Waals surface area (Å²) in [4.78, 5) is 13.7. The molecule has 3 nitrogen and oxygen atoms in total. The van der Waals surface area contributed by atoms with Crippen LogP contribution in [0.2, 0.25) is 0 Å². The number of carbonyl (C=O) groups excluding carboxylic acids is 1. The van der Waals surface area contributed by atoms with Gasteiger partial charge < -0.3 is 9.64 Å². The summed E-state index contributed by atoms with van der Waals surface area (Å²) >= 11 is 0. The van der Waals surface area contributed by atoms with Crippen LogP contribution in [0, 0.1) is 5.92 Å². The zero-order chi connectivity index (χ0) is 11.7. The quantitative estimate of drug-likeness (QED) is 0.582. The van der Waals surface area contributed by atoms with Crippen molar-refractivity contribution >= 4 is 5.97 Å². The summed E-state index contributed by atoms with van der Waals surface area (Å²) in [7, 11) is 0. The van der Waals surface area contributed by atoms with Crippen LogP contribution in [0.25, 0.3) is 0 Å². The third kappa shape index (κ3) is 6.50. The maximum atomic E-state index is 11.4. The first-order valence-electron chi connectivity index (χ1n) is 6.04. The molecule has 0 aliphatic heterocycles. The van der Waals surface area contributed by atoms with Crippen molar-refractivity contribution in [3.05, 3.63) is 0 Å². The highest BCUT2D eigenvalue weighted by Crippen LogP contribution is 2.06. The molecule has 0 aromatic heterocycles. The fourth-order valence-electron chi connectivity index (χ4n) is 1.52. The van der Waals surface area contributed by atoms with Gasteiger partial charge in [-0.3, -0.25) is 4.79 Å². The lowest BCUT2D eigenvalue weighted by atomic mass is 10.1. The third-order valence-electron chi connectivity index (χ3n) is 2.55. The number of hydrogen-bond acceptors (Lipinski definition) is 3. The Morgan fingerprint density at radius 3 is 2.40 bits per heavy atom. The summed E-state index contributed by atoms with van der Waals surface area (Å²) in [6.45, 7) is 11.8. The largest absolute Gasteiger partial charge is 0.466 e. The molecule has 0 saturated carbocycles. The number of carbonyl (C=O) groups is 1. The number of rotatable bonds is 8. The van der Waals surface area contributed by atoms with Crippen molar-refractivity contribution in [2.75, 3.05) is 26.2 Å². The average Bonchev–Trinajstić information content (AvgIpc) is 2.24.